The summed E-state index contributed by atoms with van der Waals surface area (Å²) < 4.78 is 11.0. The summed E-state index contributed by atoms with van der Waals surface area (Å²) in [6, 6.07) is 0. The average Bonchev–Trinajstić information content (AvgIpc) is 2.04. The van der Waals surface area contributed by atoms with Gasteiger partial charge in [0.1, 0.15) is 0 Å². The second-order valence-electron chi connectivity index (χ2n) is 2.85. The van der Waals surface area contributed by atoms with Crippen LogP contribution < -0.4 is 0 Å². The molecule has 0 saturated heterocycles. The summed E-state index contributed by atoms with van der Waals surface area (Å²) in [4.78, 5) is 0. The highest BCUT2D eigenvalue weighted by molar-refractivity contribution is 7.84. The molecule has 11 heavy (non-hydrogen) atoms. The van der Waals surface area contributed by atoms with E-state index in [0.717, 1.165) is 17.9 Å². The van der Waals surface area contributed by atoms with Gasteiger partial charge in [-0.3, -0.25) is 4.21 Å². The van der Waals surface area contributed by atoms with Crippen molar-refractivity contribution in [1.29, 1.82) is 0 Å². The zero-order valence-corrected chi connectivity index (χ0v) is 8.58. The lowest BCUT2D eigenvalue weighted by Gasteiger charge is -1.98. The predicted molar refractivity (Wildman–Crippen MR) is 52.3 cm³/mol. The standard InChI is InChI=1S/C9H20OS/c1-3-5-6-7-8-9-11(10)4-2/h3-9H2,1-2H3. The van der Waals surface area contributed by atoms with E-state index in [9.17, 15) is 4.21 Å². The lowest BCUT2D eigenvalue weighted by atomic mass is 10.2. The highest BCUT2D eigenvalue weighted by Crippen LogP contribution is 2.02. The van der Waals surface area contributed by atoms with Crippen LogP contribution in [-0.4, -0.2) is 15.7 Å². The van der Waals surface area contributed by atoms with Crippen molar-refractivity contribution < 1.29 is 4.21 Å². The van der Waals surface area contributed by atoms with Gasteiger partial charge >= 0.3 is 0 Å². The molecule has 0 aliphatic heterocycles. The van der Waals surface area contributed by atoms with Gasteiger partial charge in [0.05, 0.1) is 0 Å². The largest absolute Gasteiger partial charge is 0.260 e. The minimum absolute atomic E-state index is 0.532. The van der Waals surface area contributed by atoms with Crippen LogP contribution in [0.3, 0.4) is 0 Å². The lowest BCUT2D eigenvalue weighted by Crippen LogP contribution is -1.98. The second kappa shape index (κ2) is 8.25. The highest BCUT2D eigenvalue weighted by Gasteiger charge is 1.94. The van der Waals surface area contributed by atoms with E-state index in [4.69, 9.17) is 0 Å². The van der Waals surface area contributed by atoms with E-state index in [0.29, 0.717) is 0 Å². The lowest BCUT2D eigenvalue weighted by molar-refractivity contribution is 0.648. The molecule has 0 heterocycles. The van der Waals surface area contributed by atoms with Crippen LogP contribution in [-0.2, 0) is 10.8 Å². The molecule has 0 saturated carbocycles. The van der Waals surface area contributed by atoms with Crippen molar-refractivity contribution in [2.45, 2.75) is 46.0 Å². The van der Waals surface area contributed by atoms with E-state index in [-0.39, 0.29) is 0 Å². The van der Waals surface area contributed by atoms with Crippen molar-refractivity contribution in [2.24, 2.45) is 0 Å². The Hall–Kier alpha value is 0.150. The molecule has 0 aliphatic rings. The van der Waals surface area contributed by atoms with Crippen LogP contribution in [0.25, 0.3) is 0 Å². The molecule has 2 heteroatoms. The van der Waals surface area contributed by atoms with E-state index in [1.54, 1.807) is 0 Å². The summed E-state index contributed by atoms with van der Waals surface area (Å²) in [5, 5.41) is 0. The molecule has 0 fully saturated rings. The van der Waals surface area contributed by atoms with Crippen LogP contribution in [0.4, 0.5) is 0 Å². The third-order valence-corrected chi connectivity index (χ3v) is 3.19. The maximum atomic E-state index is 11.0. The van der Waals surface area contributed by atoms with Crippen molar-refractivity contribution in [2.75, 3.05) is 11.5 Å². The Balaban J connectivity index is 2.95. The third-order valence-electron chi connectivity index (χ3n) is 1.80. The van der Waals surface area contributed by atoms with Crippen LogP contribution in [0.1, 0.15) is 46.0 Å². The van der Waals surface area contributed by atoms with E-state index >= 15 is 0 Å². The van der Waals surface area contributed by atoms with Crippen molar-refractivity contribution >= 4 is 10.8 Å². The van der Waals surface area contributed by atoms with Crippen molar-refractivity contribution in [1.82, 2.24) is 0 Å². The fourth-order valence-electron chi connectivity index (χ4n) is 1.01. The number of hydrogen-bond acceptors (Lipinski definition) is 1. The summed E-state index contributed by atoms with van der Waals surface area (Å²) >= 11 is 0. The summed E-state index contributed by atoms with van der Waals surface area (Å²) in [6.45, 7) is 4.20. The molecule has 0 aliphatic carbocycles. The maximum absolute atomic E-state index is 11.0. The third kappa shape index (κ3) is 8.05. The van der Waals surface area contributed by atoms with Gasteiger partial charge < -0.3 is 0 Å². The van der Waals surface area contributed by atoms with E-state index in [2.05, 4.69) is 6.92 Å². The van der Waals surface area contributed by atoms with Crippen LogP contribution in [0.15, 0.2) is 0 Å². The Morgan fingerprint density at radius 3 is 2.18 bits per heavy atom. The highest BCUT2D eigenvalue weighted by atomic mass is 32.2. The first-order valence-electron chi connectivity index (χ1n) is 4.66. The Morgan fingerprint density at radius 1 is 1.00 bits per heavy atom. The molecule has 0 N–H and O–H groups in total. The zero-order valence-electron chi connectivity index (χ0n) is 7.77. The van der Waals surface area contributed by atoms with Crippen LogP contribution in [0, 0.1) is 0 Å². The minimum Gasteiger partial charge on any atom is -0.260 e. The molecule has 0 bridgehead atoms. The molecule has 0 aromatic rings. The molecular weight excluding hydrogens is 156 g/mol. The van der Waals surface area contributed by atoms with Gasteiger partial charge in [-0.1, -0.05) is 39.5 Å². The summed E-state index contributed by atoms with van der Waals surface area (Å²) in [5.74, 6) is 1.74. The number of rotatable bonds is 7. The Kier molecular flexibility index (Phi) is 8.36. The van der Waals surface area contributed by atoms with Gasteiger partial charge in [0.15, 0.2) is 0 Å². The minimum atomic E-state index is -0.532. The molecule has 0 aromatic heterocycles. The molecule has 68 valence electrons. The van der Waals surface area contributed by atoms with Crippen molar-refractivity contribution in [3.8, 4) is 0 Å². The first kappa shape index (κ1) is 11.2. The molecule has 0 amide bonds. The molecule has 1 atom stereocenters. The zero-order chi connectivity index (χ0) is 8.53. The van der Waals surface area contributed by atoms with Gasteiger partial charge in [0.25, 0.3) is 0 Å². The predicted octanol–water partition coefficient (Wildman–Crippen LogP) is 2.73. The molecule has 0 rings (SSSR count). The van der Waals surface area contributed by atoms with Crippen LogP contribution in [0.5, 0.6) is 0 Å². The SMILES string of the molecule is CCCCCCCS(=O)CC. The molecule has 0 spiro atoms. The van der Waals surface area contributed by atoms with Gasteiger partial charge in [-0.05, 0) is 6.42 Å². The van der Waals surface area contributed by atoms with Gasteiger partial charge in [-0.25, -0.2) is 0 Å². The van der Waals surface area contributed by atoms with Crippen LogP contribution >= 0.6 is 0 Å². The Labute approximate surface area is 73.0 Å². The fraction of sp³-hybridized carbons (Fsp3) is 1.00. The molecule has 1 unspecified atom stereocenters. The monoisotopic (exact) mass is 176 g/mol. The molecule has 1 nitrogen and oxygen atoms in total. The fourth-order valence-corrected chi connectivity index (χ4v) is 1.83. The van der Waals surface area contributed by atoms with E-state index in [1.165, 1.54) is 25.7 Å². The van der Waals surface area contributed by atoms with Crippen LogP contribution in [0.2, 0.25) is 0 Å². The van der Waals surface area contributed by atoms with Gasteiger partial charge in [0.2, 0.25) is 0 Å². The summed E-state index contributed by atoms with van der Waals surface area (Å²) in [6.07, 6.45) is 6.35. The molecule has 0 radical (unpaired) electrons. The molecule has 0 aromatic carbocycles. The first-order valence-corrected chi connectivity index (χ1v) is 6.15. The van der Waals surface area contributed by atoms with Gasteiger partial charge in [0, 0.05) is 22.3 Å². The maximum Gasteiger partial charge on any atom is 0.0234 e. The average molecular weight is 176 g/mol. The normalized spacial score (nSPS) is 13.3. The molecular formula is C9H20OS. The second-order valence-corrected chi connectivity index (χ2v) is 4.71. The number of unbranched alkanes of at least 4 members (excludes halogenated alkanes) is 4. The summed E-state index contributed by atoms with van der Waals surface area (Å²) in [5.41, 5.74) is 0. The van der Waals surface area contributed by atoms with Crippen molar-refractivity contribution in [3.05, 3.63) is 0 Å². The van der Waals surface area contributed by atoms with Crippen molar-refractivity contribution in [3.63, 3.8) is 0 Å². The summed E-state index contributed by atoms with van der Waals surface area (Å²) in [7, 11) is -0.532. The van der Waals surface area contributed by atoms with Gasteiger partial charge in [-0.2, -0.15) is 0 Å². The Bertz CT molecular complexity index is 102. The van der Waals surface area contributed by atoms with Gasteiger partial charge in [-0.15, -0.1) is 0 Å². The van der Waals surface area contributed by atoms with E-state index in [1.807, 2.05) is 6.92 Å². The smallest absolute Gasteiger partial charge is 0.0234 e. The topological polar surface area (TPSA) is 17.1 Å². The quantitative estimate of drug-likeness (QED) is 0.545. The number of hydrogen-bond donors (Lipinski definition) is 0. The van der Waals surface area contributed by atoms with E-state index < -0.39 is 10.8 Å². The first-order chi connectivity index (χ1) is 5.31. The Morgan fingerprint density at radius 2 is 1.64 bits per heavy atom.